The highest BCUT2D eigenvalue weighted by Gasteiger charge is 2.50. The highest BCUT2D eigenvalue weighted by molar-refractivity contribution is 5.96. The van der Waals surface area contributed by atoms with Gasteiger partial charge in [-0.15, -0.1) is 0 Å². The maximum absolute atomic E-state index is 12.7. The largest absolute Gasteiger partial charge is 0.451 e. The average Bonchev–Trinajstić information content (AvgIpc) is 3.04. The normalized spacial score (nSPS) is 27.3. The fourth-order valence-corrected chi connectivity index (χ4v) is 5.01. The molecule has 0 unspecified atom stereocenters. The van der Waals surface area contributed by atoms with Crippen molar-refractivity contribution in [3.8, 4) is 0 Å². The minimum absolute atomic E-state index is 0.0690. The standard InChI is InChI=1S/C22H25F3N4O/c1-28(2)21(16-6-4-3-5-7-16)10-8-20(9-11-21)12-18(30)29(15-20)17-13-26-19(27-14-17)22(23,24)25/h3-7,13-14H,8-12,15H2,1-2H3. The van der Waals surface area contributed by atoms with E-state index in [9.17, 15) is 18.0 Å². The Bertz CT molecular complexity index is 904. The highest BCUT2D eigenvalue weighted by atomic mass is 19.4. The molecule has 1 saturated carbocycles. The fraction of sp³-hybridized carbons (Fsp3) is 0.500. The Morgan fingerprint density at radius 3 is 2.13 bits per heavy atom. The zero-order chi connectivity index (χ0) is 21.6. The smallest absolute Gasteiger partial charge is 0.309 e. The molecule has 1 spiro atoms. The van der Waals surface area contributed by atoms with Gasteiger partial charge in [0, 0.05) is 18.5 Å². The number of halogens is 3. The molecule has 0 N–H and O–H groups in total. The summed E-state index contributed by atoms with van der Waals surface area (Å²) in [5, 5.41) is 0. The van der Waals surface area contributed by atoms with Gasteiger partial charge in [-0.1, -0.05) is 30.3 Å². The van der Waals surface area contributed by atoms with Crippen molar-refractivity contribution >= 4 is 11.6 Å². The van der Waals surface area contributed by atoms with Gasteiger partial charge in [0.05, 0.1) is 18.1 Å². The number of carbonyl (C=O) groups excluding carboxylic acids is 1. The molecule has 0 radical (unpaired) electrons. The molecular weight excluding hydrogens is 393 g/mol. The predicted molar refractivity (Wildman–Crippen MR) is 107 cm³/mol. The Hall–Kier alpha value is -2.48. The van der Waals surface area contributed by atoms with E-state index in [2.05, 4.69) is 53.2 Å². The fourth-order valence-electron chi connectivity index (χ4n) is 5.01. The third kappa shape index (κ3) is 3.57. The Kier molecular flexibility index (Phi) is 5.08. The van der Waals surface area contributed by atoms with Gasteiger partial charge in [0.1, 0.15) is 0 Å². The summed E-state index contributed by atoms with van der Waals surface area (Å²) in [6.45, 7) is 0.499. The number of nitrogens with zero attached hydrogens (tertiary/aromatic N) is 4. The lowest BCUT2D eigenvalue weighted by Crippen LogP contribution is -2.47. The van der Waals surface area contributed by atoms with Gasteiger partial charge in [-0.25, -0.2) is 9.97 Å². The number of alkyl halides is 3. The van der Waals surface area contributed by atoms with Crippen molar-refractivity contribution in [3.63, 3.8) is 0 Å². The second kappa shape index (κ2) is 7.34. The second-order valence-corrected chi connectivity index (χ2v) is 8.71. The molecule has 0 atom stereocenters. The van der Waals surface area contributed by atoms with E-state index in [0.717, 1.165) is 38.1 Å². The van der Waals surface area contributed by atoms with Crippen LogP contribution < -0.4 is 4.90 Å². The van der Waals surface area contributed by atoms with Crippen LogP contribution in [-0.4, -0.2) is 41.4 Å². The van der Waals surface area contributed by atoms with Crippen molar-refractivity contribution in [2.75, 3.05) is 25.5 Å². The van der Waals surface area contributed by atoms with E-state index in [4.69, 9.17) is 0 Å². The molecule has 5 nitrogen and oxygen atoms in total. The topological polar surface area (TPSA) is 49.3 Å². The van der Waals surface area contributed by atoms with Gasteiger partial charge in [0.15, 0.2) is 0 Å². The lowest BCUT2D eigenvalue weighted by atomic mass is 9.64. The van der Waals surface area contributed by atoms with E-state index in [1.54, 1.807) is 4.90 Å². The highest BCUT2D eigenvalue weighted by Crippen LogP contribution is 2.52. The molecule has 1 aromatic carbocycles. The lowest BCUT2D eigenvalue weighted by molar-refractivity contribution is -0.144. The van der Waals surface area contributed by atoms with E-state index in [0.29, 0.717) is 18.7 Å². The van der Waals surface area contributed by atoms with Gasteiger partial charge in [-0.2, -0.15) is 13.2 Å². The van der Waals surface area contributed by atoms with Crippen LogP contribution in [0.15, 0.2) is 42.7 Å². The summed E-state index contributed by atoms with van der Waals surface area (Å²) >= 11 is 0. The summed E-state index contributed by atoms with van der Waals surface area (Å²) in [5.41, 5.74) is 1.38. The van der Waals surface area contributed by atoms with E-state index in [1.165, 1.54) is 5.56 Å². The van der Waals surface area contributed by atoms with Gasteiger partial charge in [0.2, 0.25) is 11.7 Å². The monoisotopic (exact) mass is 418 g/mol. The van der Waals surface area contributed by atoms with Crippen LogP contribution in [0.1, 0.15) is 43.5 Å². The van der Waals surface area contributed by atoms with Gasteiger partial charge >= 0.3 is 6.18 Å². The Morgan fingerprint density at radius 2 is 1.60 bits per heavy atom. The molecule has 2 heterocycles. The Labute approximate surface area is 173 Å². The van der Waals surface area contributed by atoms with E-state index < -0.39 is 12.0 Å². The van der Waals surface area contributed by atoms with Crippen LogP contribution in [0.3, 0.4) is 0 Å². The van der Waals surface area contributed by atoms with E-state index >= 15 is 0 Å². The number of carbonyl (C=O) groups is 1. The molecule has 1 amide bonds. The summed E-state index contributed by atoms with van der Waals surface area (Å²) in [5.74, 6) is -1.26. The predicted octanol–water partition coefficient (Wildman–Crippen LogP) is 4.25. The number of benzene rings is 1. The second-order valence-electron chi connectivity index (χ2n) is 8.71. The number of hydrogen-bond donors (Lipinski definition) is 0. The lowest BCUT2D eigenvalue weighted by Gasteiger charge is -2.48. The maximum atomic E-state index is 12.7. The first-order chi connectivity index (χ1) is 14.2. The van der Waals surface area contributed by atoms with Crippen molar-refractivity contribution in [2.45, 2.75) is 43.8 Å². The number of rotatable bonds is 3. The quantitative estimate of drug-likeness (QED) is 0.748. The first kappa shape index (κ1) is 20.8. The first-order valence-corrected chi connectivity index (χ1v) is 10.1. The summed E-state index contributed by atoms with van der Waals surface area (Å²) in [6.07, 6.45) is 1.63. The molecule has 8 heteroatoms. The molecule has 160 valence electrons. The third-order valence-corrected chi connectivity index (χ3v) is 6.83. The molecule has 4 rings (SSSR count). The SMILES string of the molecule is CN(C)C1(c2ccccc2)CCC2(CC1)CC(=O)N(c1cnc(C(F)(F)F)nc1)C2. The maximum Gasteiger partial charge on any atom is 0.451 e. The molecule has 1 aliphatic carbocycles. The van der Waals surface area contributed by atoms with Crippen molar-refractivity contribution in [2.24, 2.45) is 5.41 Å². The van der Waals surface area contributed by atoms with Crippen molar-refractivity contribution in [1.82, 2.24) is 14.9 Å². The summed E-state index contributed by atoms with van der Waals surface area (Å²) in [6, 6.07) is 10.4. The first-order valence-electron chi connectivity index (χ1n) is 10.1. The molecule has 1 aliphatic heterocycles. The van der Waals surface area contributed by atoms with Gasteiger partial charge in [0.25, 0.3) is 0 Å². The van der Waals surface area contributed by atoms with Crippen molar-refractivity contribution < 1.29 is 18.0 Å². The molecule has 1 aromatic heterocycles. The van der Waals surface area contributed by atoms with Crippen LogP contribution >= 0.6 is 0 Å². The molecule has 30 heavy (non-hydrogen) atoms. The average molecular weight is 418 g/mol. The minimum Gasteiger partial charge on any atom is -0.309 e. The summed E-state index contributed by atoms with van der Waals surface area (Å²) in [4.78, 5) is 23.4. The summed E-state index contributed by atoms with van der Waals surface area (Å²) < 4.78 is 38.2. The zero-order valence-corrected chi connectivity index (χ0v) is 17.1. The van der Waals surface area contributed by atoms with Gasteiger partial charge in [-0.3, -0.25) is 9.69 Å². The van der Waals surface area contributed by atoms with E-state index in [-0.39, 0.29) is 16.9 Å². The minimum atomic E-state index is -4.59. The molecule has 1 saturated heterocycles. The molecular formula is C22H25F3N4O. The number of aromatic nitrogens is 2. The van der Waals surface area contributed by atoms with Gasteiger partial charge in [-0.05, 0) is 50.8 Å². The van der Waals surface area contributed by atoms with E-state index in [1.807, 2.05) is 6.07 Å². The number of anilines is 1. The Balaban J connectivity index is 1.52. The number of hydrogen-bond acceptors (Lipinski definition) is 4. The summed E-state index contributed by atoms with van der Waals surface area (Å²) in [7, 11) is 4.19. The van der Waals surface area contributed by atoms with Crippen LogP contribution in [0, 0.1) is 5.41 Å². The zero-order valence-electron chi connectivity index (χ0n) is 17.1. The van der Waals surface area contributed by atoms with Crippen LogP contribution in [0.5, 0.6) is 0 Å². The van der Waals surface area contributed by atoms with Crippen molar-refractivity contribution in [1.29, 1.82) is 0 Å². The van der Waals surface area contributed by atoms with Crippen molar-refractivity contribution in [3.05, 3.63) is 54.1 Å². The molecule has 2 fully saturated rings. The van der Waals surface area contributed by atoms with Crippen LogP contribution in [0.4, 0.5) is 18.9 Å². The van der Waals surface area contributed by atoms with Crippen LogP contribution in [0.25, 0.3) is 0 Å². The molecule has 2 aliphatic rings. The molecule has 0 bridgehead atoms. The van der Waals surface area contributed by atoms with Crippen LogP contribution in [0.2, 0.25) is 0 Å². The Morgan fingerprint density at radius 1 is 1.00 bits per heavy atom. The number of amides is 1. The van der Waals surface area contributed by atoms with Crippen LogP contribution in [-0.2, 0) is 16.5 Å². The molecule has 2 aromatic rings. The third-order valence-electron chi connectivity index (χ3n) is 6.83. The van der Waals surface area contributed by atoms with Gasteiger partial charge < -0.3 is 4.90 Å².